The summed E-state index contributed by atoms with van der Waals surface area (Å²) in [4.78, 5) is 0. The van der Waals surface area contributed by atoms with Crippen LogP contribution in [0.4, 0.5) is 0 Å². The Morgan fingerprint density at radius 2 is 1.21 bits per heavy atom. The van der Waals surface area contributed by atoms with Crippen molar-refractivity contribution in [2.24, 2.45) is 5.41 Å². The molecular formula is C11H23AuP2. The standard InChI is InChI=1S/C6H9.C5H14P2.Au/c1-5-6(2,3)4;1-6(2)5-7(3)4;/h2-4H3;5H2,1-4H3;/q-1;;+1. The predicted octanol–water partition coefficient (Wildman–Crippen LogP) is 4.05. The fourth-order valence-electron chi connectivity index (χ4n) is 0.566. The van der Waals surface area contributed by atoms with Crippen molar-refractivity contribution in [3.8, 4) is 5.92 Å². The third-order valence-corrected chi connectivity index (χ3v) is 5.47. The van der Waals surface area contributed by atoms with E-state index in [1.165, 1.54) is 5.90 Å². The summed E-state index contributed by atoms with van der Waals surface area (Å²) in [7, 11) is 0.778. The van der Waals surface area contributed by atoms with Crippen molar-refractivity contribution in [3.63, 3.8) is 0 Å². The van der Waals surface area contributed by atoms with E-state index < -0.39 is 0 Å². The Labute approximate surface area is 109 Å². The molecule has 0 bridgehead atoms. The van der Waals surface area contributed by atoms with Gasteiger partial charge in [-0.25, -0.2) is 0 Å². The molecule has 0 nitrogen and oxygen atoms in total. The molecular weight excluding hydrogens is 391 g/mol. The van der Waals surface area contributed by atoms with Crippen LogP contribution >= 0.6 is 15.8 Å². The van der Waals surface area contributed by atoms with Crippen LogP contribution in [-0.4, -0.2) is 32.6 Å². The Bertz CT molecular complexity index is 146. The molecule has 0 saturated heterocycles. The first kappa shape index (κ1) is 20.6. The molecule has 0 aromatic rings. The van der Waals surface area contributed by atoms with Gasteiger partial charge in [0.25, 0.3) is 0 Å². The zero-order chi connectivity index (χ0) is 11.1. The molecule has 0 aromatic heterocycles. The van der Waals surface area contributed by atoms with Gasteiger partial charge in [0.15, 0.2) is 0 Å². The van der Waals surface area contributed by atoms with Crippen LogP contribution in [0.3, 0.4) is 0 Å². The van der Waals surface area contributed by atoms with Gasteiger partial charge in [0.05, 0.1) is 0 Å². The van der Waals surface area contributed by atoms with Crippen molar-refractivity contribution < 1.29 is 22.4 Å². The van der Waals surface area contributed by atoms with Gasteiger partial charge in [-0.1, -0.05) is 20.8 Å². The molecule has 0 amide bonds. The van der Waals surface area contributed by atoms with E-state index >= 15 is 0 Å². The first-order valence-corrected chi connectivity index (χ1v) is 9.26. The Balaban J connectivity index is -0.000000163. The predicted molar refractivity (Wildman–Crippen MR) is 69.0 cm³/mol. The van der Waals surface area contributed by atoms with Crippen LogP contribution in [0.5, 0.6) is 0 Å². The molecule has 0 aliphatic carbocycles. The fourth-order valence-corrected chi connectivity index (χ4v) is 5.09. The minimum Gasteiger partial charge on any atom is -0.693 e. The summed E-state index contributed by atoms with van der Waals surface area (Å²) in [6, 6.07) is 0. The molecule has 0 aliphatic rings. The third-order valence-electron chi connectivity index (χ3n) is 0.941. The van der Waals surface area contributed by atoms with Crippen molar-refractivity contribution in [1.29, 1.82) is 0 Å². The van der Waals surface area contributed by atoms with Crippen LogP contribution in [0.15, 0.2) is 0 Å². The first-order valence-electron chi connectivity index (χ1n) is 4.42. The molecule has 0 N–H and O–H groups in total. The quantitative estimate of drug-likeness (QED) is 0.277. The zero-order valence-electron chi connectivity index (χ0n) is 10.4. The van der Waals surface area contributed by atoms with Crippen molar-refractivity contribution in [2.75, 3.05) is 32.6 Å². The SMILES string of the molecule is CP(C)CP(C)C.[Au+].[C-]#CC(C)(C)C. The van der Waals surface area contributed by atoms with Gasteiger partial charge >= 0.3 is 22.4 Å². The van der Waals surface area contributed by atoms with Crippen molar-refractivity contribution in [1.82, 2.24) is 0 Å². The van der Waals surface area contributed by atoms with E-state index in [2.05, 4.69) is 32.6 Å². The van der Waals surface area contributed by atoms with Crippen LogP contribution < -0.4 is 0 Å². The monoisotopic (exact) mass is 414 g/mol. The number of hydrogen-bond donors (Lipinski definition) is 0. The second kappa shape index (κ2) is 10.7. The third kappa shape index (κ3) is 29.2. The average Bonchev–Trinajstić information content (AvgIpc) is 1.84. The van der Waals surface area contributed by atoms with Gasteiger partial charge in [0, 0.05) is 0 Å². The van der Waals surface area contributed by atoms with E-state index in [-0.39, 0.29) is 27.8 Å². The Hall–Kier alpha value is 1.16. The molecule has 0 saturated carbocycles. The van der Waals surface area contributed by atoms with Gasteiger partial charge < -0.3 is 12.3 Å². The van der Waals surface area contributed by atoms with E-state index in [0.29, 0.717) is 15.8 Å². The van der Waals surface area contributed by atoms with Gasteiger partial charge in [0.2, 0.25) is 0 Å². The van der Waals surface area contributed by atoms with Crippen molar-refractivity contribution in [2.45, 2.75) is 20.8 Å². The Morgan fingerprint density at radius 1 is 1.00 bits per heavy atom. The van der Waals surface area contributed by atoms with E-state index in [4.69, 9.17) is 6.42 Å². The summed E-state index contributed by atoms with van der Waals surface area (Å²) >= 11 is 0. The second-order valence-corrected chi connectivity index (χ2v) is 10.1. The number of hydrogen-bond acceptors (Lipinski definition) is 0. The van der Waals surface area contributed by atoms with Crippen molar-refractivity contribution >= 4 is 15.8 Å². The Kier molecular flexibility index (Phi) is 15.7. The summed E-state index contributed by atoms with van der Waals surface area (Å²) in [5.41, 5.74) is -0.0417. The molecule has 0 heterocycles. The van der Waals surface area contributed by atoms with Gasteiger partial charge in [-0.05, 0) is 38.0 Å². The summed E-state index contributed by atoms with van der Waals surface area (Å²) in [6.07, 6.45) is 6.60. The molecule has 0 radical (unpaired) electrons. The summed E-state index contributed by atoms with van der Waals surface area (Å²) in [5, 5.41) is 0. The maximum atomic E-state index is 6.60. The van der Waals surface area contributed by atoms with Crippen LogP contribution in [0.25, 0.3) is 0 Å². The smallest absolute Gasteiger partial charge is 0.693 e. The molecule has 0 fully saturated rings. The maximum Gasteiger partial charge on any atom is 1.00 e. The molecule has 0 atom stereocenters. The Morgan fingerprint density at radius 3 is 1.21 bits per heavy atom. The van der Waals surface area contributed by atoms with E-state index in [0.717, 1.165) is 0 Å². The maximum absolute atomic E-state index is 6.60. The van der Waals surface area contributed by atoms with Gasteiger partial charge in [-0.15, -0.1) is 15.8 Å². The molecule has 3 heteroatoms. The normalized spacial score (nSPS) is 10.0. The zero-order valence-corrected chi connectivity index (χ0v) is 14.4. The molecule has 88 valence electrons. The fraction of sp³-hybridized carbons (Fsp3) is 0.818. The largest absolute Gasteiger partial charge is 1.00 e. The van der Waals surface area contributed by atoms with E-state index in [1.807, 2.05) is 20.8 Å². The number of rotatable bonds is 2. The van der Waals surface area contributed by atoms with Crippen LogP contribution in [-0.2, 0) is 22.4 Å². The van der Waals surface area contributed by atoms with Crippen molar-refractivity contribution in [3.05, 3.63) is 6.42 Å². The summed E-state index contributed by atoms with van der Waals surface area (Å²) in [5.74, 6) is 3.84. The summed E-state index contributed by atoms with van der Waals surface area (Å²) < 4.78 is 0. The van der Waals surface area contributed by atoms with Gasteiger partial charge in [-0.3, -0.25) is 0 Å². The molecule has 0 spiro atoms. The summed E-state index contributed by atoms with van der Waals surface area (Å²) in [6.45, 7) is 15.2. The van der Waals surface area contributed by atoms with Gasteiger partial charge in [0.1, 0.15) is 0 Å². The van der Waals surface area contributed by atoms with Crippen LogP contribution in [0, 0.1) is 17.8 Å². The molecule has 14 heavy (non-hydrogen) atoms. The molecule has 0 rings (SSSR count). The topological polar surface area (TPSA) is 0 Å². The minimum atomic E-state index is -0.0417. The van der Waals surface area contributed by atoms with Crippen LogP contribution in [0.1, 0.15) is 20.8 Å². The molecule has 0 unspecified atom stereocenters. The van der Waals surface area contributed by atoms with Crippen LogP contribution in [0.2, 0.25) is 0 Å². The minimum absolute atomic E-state index is 0. The van der Waals surface area contributed by atoms with E-state index in [9.17, 15) is 0 Å². The average molecular weight is 414 g/mol. The van der Waals surface area contributed by atoms with Gasteiger partial charge in [-0.2, -0.15) is 0 Å². The molecule has 0 aromatic carbocycles. The first-order chi connectivity index (χ1) is 5.69. The second-order valence-electron chi connectivity index (χ2n) is 4.68. The molecule has 0 aliphatic heterocycles. The van der Waals surface area contributed by atoms with E-state index in [1.54, 1.807) is 0 Å².